The van der Waals surface area contributed by atoms with Gasteiger partial charge in [0.1, 0.15) is 4.21 Å². The monoisotopic (exact) mass is 367 g/mol. The molecule has 110 valence electrons. The standard InChI is InChI=1S/C13H22BrNO2S2/c1-5-11(6-2)15(9-10(3)4)19(16,17)13-12(14)7-8-18-13/h7-8,10-11H,5-6,9H2,1-4H3. The second kappa shape index (κ2) is 7.20. The Morgan fingerprint density at radius 2 is 1.89 bits per heavy atom. The highest BCUT2D eigenvalue weighted by Gasteiger charge is 2.32. The van der Waals surface area contributed by atoms with Crippen molar-refractivity contribution in [2.45, 2.75) is 50.8 Å². The average molecular weight is 368 g/mol. The third-order valence-electron chi connectivity index (χ3n) is 3.02. The molecule has 0 unspecified atom stereocenters. The summed E-state index contributed by atoms with van der Waals surface area (Å²) in [4.78, 5) is 0. The van der Waals surface area contributed by atoms with E-state index < -0.39 is 10.0 Å². The summed E-state index contributed by atoms with van der Waals surface area (Å²) < 4.78 is 28.4. The lowest BCUT2D eigenvalue weighted by atomic mass is 10.1. The Bertz CT molecular complexity index is 492. The van der Waals surface area contributed by atoms with E-state index in [0.29, 0.717) is 21.1 Å². The maximum Gasteiger partial charge on any atom is 0.253 e. The predicted octanol–water partition coefficient (Wildman–Crippen LogP) is 4.35. The van der Waals surface area contributed by atoms with Crippen molar-refractivity contribution >= 4 is 37.3 Å². The second-order valence-electron chi connectivity index (χ2n) is 4.99. The Labute approximate surface area is 129 Å². The van der Waals surface area contributed by atoms with E-state index in [1.807, 2.05) is 27.7 Å². The number of hydrogen-bond donors (Lipinski definition) is 0. The van der Waals surface area contributed by atoms with Crippen molar-refractivity contribution in [3.8, 4) is 0 Å². The first-order valence-electron chi connectivity index (χ1n) is 6.59. The van der Waals surface area contributed by atoms with Crippen LogP contribution in [0.2, 0.25) is 0 Å². The van der Waals surface area contributed by atoms with Crippen LogP contribution in [0.3, 0.4) is 0 Å². The Balaban J connectivity index is 3.20. The van der Waals surface area contributed by atoms with Crippen LogP contribution in [0, 0.1) is 5.92 Å². The Kier molecular flexibility index (Phi) is 6.50. The summed E-state index contributed by atoms with van der Waals surface area (Å²) in [5, 5.41) is 1.80. The lowest BCUT2D eigenvalue weighted by Gasteiger charge is -2.30. The summed E-state index contributed by atoms with van der Waals surface area (Å²) in [6.45, 7) is 8.75. The molecule has 0 atom stereocenters. The topological polar surface area (TPSA) is 37.4 Å². The third-order valence-corrected chi connectivity index (χ3v) is 7.59. The molecular formula is C13H22BrNO2S2. The van der Waals surface area contributed by atoms with Crippen molar-refractivity contribution in [3.05, 3.63) is 15.9 Å². The molecule has 0 aliphatic heterocycles. The zero-order valence-electron chi connectivity index (χ0n) is 11.9. The van der Waals surface area contributed by atoms with Crippen molar-refractivity contribution in [1.82, 2.24) is 4.31 Å². The fourth-order valence-corrected chi connectivity index (χ4v) is 6.43. The third kappa shape index (κ3) is 4.03. The molecule has 0 saturated heterocycles. The van der Waals surface area contributed by atoms with Crippen LogP contribution in [-0.4, -0.2) is 25.3 Å². The molecule has 6 heteroatoms. The van der Waals surface area contributed by atoms with Gasteiger partial charge in [0.05, 0.1) is 0 Å². The molecule has 1 aromatic rings. The fourth-order valence-electron chi connectivity index (χ4n) is 2.07. The molecule has 1 aromatic heterocycles. The van der Waals surface area contributed by atoms with Crippen LogP contribution in [0.25, 0.3) is 0 Å². The van der Waals surface area contributed by atoms with Crippen LogP contribution >= 0.6 is 27.3 Å². The van der Waals surface area contributed by atoms with Crippen molar-refractivity contribution in [1.29, 1.82) is 0 Å². The SMILES string of the molecule is CCC(CC)N(CC(C)C)S(=O)(=O)c1sccc1Br. The Hall–Kier alpha value is 0.0900. The lowest BCUT2D eigenvalue weighted by molar-refractivity contribution is 0.277. The van der Waals surface area contributed by atoms with Gasteiger partial charge in [0.2, 0.25) is 0 Å². The molecule has 0 radical (unpaired) electrons. The van der Waals surface area contributed by atoms with Gasteiger partial charge in [-0.1, -0.05) is 27.7 Å². The maximum absolute atomic E-state index is 12.8. The molecule has 0 spiro atoms. The smallest absolute Gasteiger partial charge is 0.206 e. The van der Waals surface area contributed by atoms with Crippen molar-refractivity contribution in [2.24, 2.45) is 5.92 Å². The van der Waals surface area contributed by atoms with E-state index in [-0.39, 0.29) is 6.04 Å². The first-order chi connectivity index (χ1) is 8.84. The van der Waals surface area contributed by atoms with Gasteiger partial charge in [-0.2, -0.15) is 4.31 Å². The fraction of sp³-hybridized carbons (Fsp3) is 0.692. The number of thiophene rings is 1. The Morgan fingerprint density at radius 1 is 1.32 bits per heavy atom. The van der Waals surface area contributed by atoms with Crippen molar-refractivity contribution < 1.29 is 8.42 Å². The molecule has 0 N–H and O–H groups in total. The van der Waals surface area contributed by atoms with Crippen LogP contribution in [0.5, 0.6) is 0 Å². The Morgan fingerprint density at radius 3 is 2.26 bits per heavy atom. The molecular weight excluding hydrogens is 346 g/mol. The summed E-state index contributed by atoms with van der Waals surface area (Å²) in [6.07, 6.45) is 1.68. The molecule has 0 amide bonds. The first kappa shape index (κ1) is 17.1. The van der Waals surface area contributed by atoms with E-state index in [0.717, 1.165) is 12.8 Å². The minimum absolute atomic E-state index is 0.0707. The van der Waals surface area contributed by atoms with E-state index >= 15 is 0 Å². The number of nitrogens with zero attached hydrogens (tertiary/aromatic N) is 1. The molecule has 0 aliphatic rings. The molecule has 0 fully saturated rings. The number of hydrogen-bond acceptors (Lipinski definition) is 3. The van der Waals surface area contributed by atoms with Crippen LogP contribution in [0.4, 0.5) is 0 Å². The predicted molar refractivity (Wildman–Crippen MR) is 85.1 cm³/mol. The highest BCUT2D eigenvalue weighted by atomic mass is 79.9. The van der Waals surface area contributed by atoms with E-state index in [4.69, 9.17) is 0 Å². The van der Waals surface area contributed by atoms with Gasteiger partial charge in [-0.3, -0.25) is 0 Å². The molecule has 0 aliphatic carbocycles. The van der Waals surface area contributed by atoms with Crippen molar-refractivity contribution in [2.75, 3.05) is 6.54 Å². The molecule has 0 bridgehead atoms. The van der Waals surface area contributed by atoms with Gasteiger partial charge >= 0.3 is 0 Å². The van der Waals surface area contributed by atoms with Crippen LogP contribution < -0.4 is 0 Å². The van der Waals surface area contributed by atoms with Crippen LogP contribution in [0.1, 0.15) is 40.5 Å². The molecule has 19 heavy (non-hydrogen) atoms. The maximum atomic E-state index is 12.8. The summed E-state index contributed by atoms with van der Waals surface area (Å²) in [5.74, 6) is 0.314. The molecule has 1 rings (SSSR count). The minimum atomic E-state index is -3.40. The van der Waals surface area contributed by atoms with E-state index in [1.54, 1.807) is 15.8 Å². The van der Waals surface area contributed by atoms with E-state index in [2.05, 4.69) is 15.9 Å². The highest BCUT2D eigenvalue weighted by molar-refractivity contribution is 9.10. The highest BCUT2D eigenvalue weighted by Crippen LogP contribution is 2.32. The molecule has 1 heterocycles. The van der Waals surface area contributed by atoms with Gasteiger partial charge in [-0.25, -0.2) is 8.42 Å². The molecule has 0 saturated carbocycles. The minimum Gasteiger partial charge on any atom is -0.206 e. The molecule has 3 nitrogen and oxygen atoms in total. The lowest BCUT2D eigenvalue weighted by Crippen LogP contribution is -2.41. The van der Waals surface area contributed by atoms with Gasteiger partial charge in [0, 0.05) is 17.1 Å². The quantitative estimate of drug-likeness (QED) is 0.718. The van der Waals surface area contributed by atoms with Gasteiger partial charge in [0.15, 0.2) is 0 Å². The van der Waals surface area contributed by atoms with Crippen LogP contribution in [0.15, 0.2) is 20.1 Å². The van der Waals surface area contributed by atoms with Gasteiger partial charge < -0.3 is 0 Å². The largest absolute Gasteiger partial charge is 0.253 e. The zero-order valence-corrected chi connectivity index (χ0v) is 15.1. The van der Waals surface area contributed by atoms with Gasteiger partial charge in [0.25, 0.3) is 10.0 Å². The van der Waals surface area contributed by atoms with E-state index in [1.165, 1.54) is 11.3 Å². The first-order valence-corrected chi connectivity index (χ1v) is 9.70. The number of rotatable bonds is 7. The number of halogens is 1. The van der Waals surface area contributed by atoms with E-state index in [9.17, 15) is 8.42 Å². The van der Waals surface area contributed by atoms with Gasteiger partial charge in [-0.05, 0) is 46.1 Å². The summed E-state index contributed by atoms with van der Waals surface area (Å²) in [5.41, 5.74) is 0. The normalized spacial score (nSPS) is 12.8. The summed E-state index contributed by atoms with van der Waals surface area (Å²) in [7, 11) is -3.40. The number of sulfonamides is 1. The average Bonchev–Trinajstić information content (AvgIpc) is 2.76. The zero-order chi connectivity index (χ0) is 14.6. The van der Waals surface area contributed by atoms with Crippen LogP contribution in [-0.2, 0) is 10.0 Å². The summed E-state index contributed by atoms with van der Waals surface area (Å²) >= 11 is 4.61. The van der Waals surface area contributed by atoms with Crippen molar-refractivity contribution in [3.63, 3.8) is 0 Å². The molecule has 0 aromatic carbocycles. The summed E-state index contributed by atoms with van der Waals surface area (Å²) in [6, 6.07) is 1.86. The van der Waals surface area contributed by atoms with Gasteiger partial charge in [-0.15, -0.1) is 11.3 Å². The second-order valence-corrected chi connectivity index (χ2v) is 8.85.